The molecule has 3 aromatic rings. The van der Waals surface area contributed by atoms with E-state index in [1.54, 1.807) is 6.07 Å². The zero-order valence-corrected chi connectivity index (χ0v) is 13.7. The van der Waals surface area contributed by atoms with E-state index in [1.807, 2.05) is 17.5 Å². The van der Waals surface area contributed by atoms with Gasteiger partial charge in [0.2, 0.25) is 0 Å². The summed E-state index contributed by atoms with van der Waals surface area (Å²) in [5, 5.41) is 8.53. The van der Waals surface area contributed by atoms with Crippen LogP contribution in [0.3, 0.4) is 0 Å². The Hall–Kier alpha value is -2.87. The van der Waals surface area contributed by atoms with Gasteiger partial charge in [-0.05, 0) is 29.6 Å². The Labute approximate surface area is 145 Å². The maximum absolute atomic E-state index is 13.6. The van der Waals surface area contributed by atoms with Crippen molar-refractivity contribution in [2.45, 2.75) is 6.54 Å². The van der Waals surface area contributed by atoms with Gasteiger partial charge in [-0.15, -0.1) is 11.3 Å². The molecule has 2 aromatic heterocycles. The first-order chi connectivity index (χ1) is 12.1. The molecule has 1 N–H and O–H groups in total. The molecule has 128 valence electrons. The standard InChI is InChI=1S/C17H13F2N3O2S/c18-11-3-1-4-12(19)16(11)17(24)20-8-9-22-15(23)7-6-13(21-22)14-5-2-10-25-14/h1-7,10H,8-9H2,(H,20,24). The Morgan fingerprint density at radius 3 is 2.56 bits per heavy atom. The number of benzene rings is 1. The maximum atomic E-state index is 13.6. The Bertz CT molecular complexity index is 935. The SMILES string of the molecule is O=C(NCCn1nc(-c2cccs2)ccc1=O)c1c(F)cccc1F. The van der Waals surface area contributed by atoms with Crippen LogP contribution in [-0.2, 0) is 6.54 Å². The second-order valence-corrected chi connectivity index (χ2v) is 6.06. The first kappa shape index (κ1) is 17.0. The van der Waals surface area contributed by atoms with Crippen molar-refractivity contribution >= 4 is 17.2 Å². The van der Waals surface area contributed by atoms with Crippen LogP contribution in [-0.4, -0.2) is 22.2 Å². The fourth-order valence-electron chi connectivity index (χ4n) is 2.24. The molecular weight excluding hydrogens is 348 g/mol. The molecule has 0 spiro atoms. The Morgan fingerprint density at radius 2 is 1.88 bits per heavy atom. The number of thiophene rings is 1. The molecule has 1 aromatic carbocycles. The molecule has 3 rings (SSSR count). The predicted octanol–water partition coefficient (Wildman–Crippen LogP) is 2.68. The van der Waals surface area contributed by atoms with Gasteiger partial charge in [0.25, 0.3) is 11.5 Å². The lowest BCUT2D eigenvalue weighted by molar-refractivity contribution is 0.0943. The molecule has 25 heavy (non-hydrogen) atoms. The average molecular weight is 361 g/mol. The van der Waals surface area contributed by atoms with Crippen LogP contribution in [0.15, 0.2) is 52.6 Å². The van der Waals surface area contributed by atoms with Crippen LogP contribution in [0.5, 0.6) is 0 Å². The predicted molar refractivity (Wildman–Crippen MR) is 90.5 cm³/mol. The lowest BCUT2D eigenvalue weighted by atomic mass is 10.2. The summed E-state index contributed by atoms with van der Waals surface area (Å²) in [6.45, 7) is 0.0905. The van der Waals surface area contributed by atoms with E-state index in [4.69, 9.17) is 0 Å². The molecular formula is C17H13F2N3O2S. The van der Waals surface area contributed by atoms with E-state index in [0.717, 1.165) is 17.0 Å². The van der Waals surface area contributed by atoms with Gasteiger partial charge < -0.3 is 5.32 Å². The quantitative estimate of drug-likeness (QED) is 0.760. The second kappa shape index (κ2) is 7.35. The highest BCUT2D eigenvalue weighted by atomic mass is 32.1. The van der Waals surface area contributed by atoms with Gasteiger partial charge in [0.1, 0.15) is 22.9 Å². The monoisotopic (exact) mass is 361 g/mol. The molecule has 1 amide bonds. The minimum Gasteiger partial charge on any atom is -0.350 e. The number of rotatable bonds is 5. The fourth-order valence-corrected chi connectivity index (χ4v) is 2.93. The summed E-state index contributed by atoms with van der Waals surface area (Å²) in [5.41, 5.74) is -0.331. The highest BCUT2D eigenvalue weighted by molar-refractivity contribution is 7.13. The number of nitrogens with zero attached hydrogens (tertiary/aromatic N) is 2. The molecule has 0 aliphatic carbocycles. The van der Waals surface area contributed by atoms with E-state index in [2.05, 4.69) is 10.4 Å². The summed E-state index contributed by atoms with van der Waals surface area (Å²) in [6, 6.07) is 9.97. The number of carbonyl (C=O) groups is 1. The van der Waals surface area contributed by atoms with Crippen molar-refractivity contribution in [3.8, 4) is 10.6 Å². The van der Waals surface area contributed by atoms with Crippen LogP contribution in [0.1, 0.15) is 10.4 Å². The van der Waals surface area contributed by atoms with Gasteiger partial charge in [-0.3, -0.25) is 9.59 Å². The van der Waals surface area contributed by atoms with Gasteiger partial charge in [0.15, 0.2) is 0 Å². The van der Waals surface area contributed by atoms with Crippen LogP contribution >= 0.6 is 11.3 Å². The van der Waals surface area contributed by atoms with Crippen molar-refractivity contribution in [2.75, 3.05) is 6.54 Å². The third kappa shape index (κ3) is 3.80. The molecule has 0 atom stereocenters. The van der Waals surface area contributed by atoms with Crippen molar-refractivity contribution in [3.63, 3.8) is 0 Å². The highest BCUT2D eigenvalue weighted by Gasteiger charge is 2.16. The van der Waals surface area contributed by atoms with E-state index in [1.165, 1.54) is 28.2 Å². The number of carbonyl (C=O) groups excluding carboxylic acids is 1. The first-order valence-electron chi connectivity index (χ1n) is 7.40. The lowest BCUT2D eigenvalue weighted by Gasteiger charge is -2.09. The van der Waals surface area contributed by atoms with Gasteiger partial charge in [-0.1, -0.05) is 12.1 Å². The average Bonchev–Trinajstić information content (AvgIpc) is 3.11. The topological polar surface area (TPSA) is 64.0 Å². The molecule has 0 unspecified atom stereocenters. The first-order valence-corrected chi connectivity index (χ1v) is 8.28. The van der Waals surface area contributed by atoms with Crippen molar-refractivity contribution in [2.24, 2.45) is 0 Å². The van der Waals surface area contributed by atoms with Gasteiger partial charge in [-0.25, -0.2) is 13.5 Å². The van der Waals surface area contributed by atoms with Crippen molar-refractivity contribution in [1.82, 2.24) is 15.1 Å². The molecule has 0 saturated heterocycles. The molecule has 0 bridgehead atoms. The molecule has 0 aliphatic rings. The molecule has 0 fully saturated rings. The molecule has 0 aliphatic heterocycles. The van der Waals surface area contributed by atoms with Crippen molar-refractivity contribution in [3.05, 3.63) is 75.4 Å². The Morgan fingerprint density at radius 1 is 1.12 bits per heavy atom. The number of amides is 1. The largest absolute Gasteiger partial charge is 0.350 e. The third-order valence-electron chi connectivity index (χ3n) is 3.44. The van der Waals surface area contributed by atoms with Crippen molar-refractivity contribution < 1.29 is 13.6 Å². The summed E-state index contributed by atoms with van der Waals surface area (Å²) < 4.78 is 28.3. The molecule has 2 heterocycles. The normalized spacial score (nSPS) is 10.6. The highest BCUT2D eigenvalue weighted by Crippen LogP contribution is 2.21. The second-order valence-electron chi connectivity index (χ2n) is 5.11. The van der Waals surface area contributed by atoms with Gasteiger partial charge >= 0.3 is 0 Å². The fraction of sp³-hybridized carbons (Fsp3) is 0.118. The summed E-state index contributed by atoms with van der Waals surface area (Å²) in [4.78, 5) is 24.7. The van der Waals surface area contributed by atoms with E-state index in [-0.39, 0.29) is 18.6 Å². The third-order valence-corrected chi connectivity index (χ3v) is 4.33. The molecule has 0 radical (unpaired) electrons. The molecule has 8 heteroatoms. The van der Waals surface area contributed by atoms with Gasteiger partial charge in [0.05, 0.1) is 11.4 Å². The van der Waals surface area contributed by atoms with E-state index >= 15 is 0 Å². The van der Waals surface area contributed by atoms with Crippen LogP contribution in [0.25, 0.3) is 10.6 Å². The van der Waals surface area contributed by atoms with Crippen LogP contribution in [0.4, 0.5) is 8.78 Å². The smallest absolute Gasteiger partial charge is 0.266 e. The summed E-state index contributed by atoms with van der Waals surface area (Å²) >= 11 is 1.49. The van der Waals surface area contributed by atoms with Crippen LogP contribution < -0.4 is 10.9 Å². The number of hydrogen-bond donors (Lipinski definition) is 1. The zero-order valence-electron chi connectivity index (χ0n) is 12.9. The zero-order chi connectivity index (χ0) is 17.8. The van der Waals surface area contributed by atoms with Crippen molar-refractivity contribution in [1.29, 1.82) is 0 Å². The minimum absolute atomic E-state index is 0.00735. The van der Waals surface area contributed by atoms with Gasteiger partial charge in [-0.2, -0.15) is 5.10 Å². The summed E-state index contributed by atoms with van der Waals surface area (Å²) in [7, 11) is 0. The summed E-state index contributed by atoms with van der Waals surface area (Å²) in [5.74, 6) is -2.75. The summed E-state index contributed by atoms with van der Waals surface area (Å²) in [6.07, 6.45) is 0. The van der Waals surface area contributed by atoms with E-state index in [0.29, 0.717) is 5.69 Å². The number of hydrogen-bond acceptors (Lipinski definition) is 4. The Kier molecular flexibility index (Phi) is 4.99. The van der Waals surface area contributed by atoms with E-state index in [9.17, 15) is 18.4 Å². The Balaban J connectivity index is 1.69. The number of aromatic nitrogens is 2. The maximum Gasteiger partial charge on any atom is 0.266 e. The van der Waals surface area contributed by atoms with Crippen LogP contribution in [0, 0.1) is 11.6 Å². The van der Waals surface area contributed by atoms with E-state index < -0.39 is 23.1 Å². The molecule has 5 nitrogen and oxygen atoms in total. The molecule has 0 saturated carbocycles. The number of halogens is 2. The minimum atomic E-state index is -0.938. The lowest BCUT2D eigenvalue weighted by Crippen LogP contribution is -2.32. The van der Waals surface area contributed by atoms with Gasteiger partial charge in [0, 0.05) is 12.6 Å². The van der Waals surface area contributed by atoms with Crippen LogP contribution in [0.2, 0.25) is 0 Å². The number of nitrogens with one attached hydrogen (secondary N) is 1.